The zero-order valence-electron chi connectivity index (χ0n) is 17.4. The van der Waals surface area contributed by atoms with Crippen molar-refractivity contribution in [3.05, 3.63) is 60.2 Å². The molecule has 0 spiro atoms. The van der Waals surface area contributed by atoms with Crippen molar-refractivity contribution in [3.8, 4) is 5.75 Å². The molecule has 156 valence electrons. The molecule has 0 bridgehead atoms. The Hall–Kier alpha value is -2.57. The molecule has 2 atom stereocenters. The lowest BCUT2D eigenvalue weighted by atomic mass is 10.0. The van der Waals surface area contributed by atoms with E-state index in [-0.39, 0.29) is 18.0 Å². The maximum absolute atomic E-state index is 12.5. The Kier molecular flexibility index (Phi) is 7.90. The Morgan fingerprint density at radius 3 is 2.55 bits per heavy atom. The molecule has 0 aromatic heterocycles. The van der Waals surface area contributed by atoms with Crippen molar-refractivity contribution in [2.75, 3.05) is 31.1 Å². The van der Waals surface area contributed by atoms with Gasteiger partial charge < -0.3 is 15.0 Å². The summed E-state index contributed by atoms with van der Waals surface area (Å²) in [4.78, 5) is 14.8. The van der Waals surface area contributed by atoms with Gasteiger partial charge in [-0.3, -0.25) is 4.79 Å². The first kappa shape index (κ1) is 21.1. The third-order valence-electron chi connectivity index (χ3n) is 5.22. The number of ether oxygens (including phenoxy) is 1. The summed E-state index contributed by atoms with van der Waals surface area (Å²) in [5.74, 6) is 0.918. The molecule has 2 aromatic rings. The maximum atomic E-state index is 12.5. The SMILES string of the molecule is CCOc1ccc(C2CC(C(=O)NCCCN(CC)c3ccccc3)NN2)cc1. The number of hydrogen-bond donors (Lipinski definition) is 3. The van der Waals surface area contributed by atoms with Gasteiger partial charge in [-0.25, -0.2) is 10.9 Å². The summed E-state index contributed by atoms with van der Waals surface area (Å²) in [6.07, 6.45) is 1.64. The molecule has 1 amide bonds. The maximum Gasteiger partial charge on any atom is 0.238 e. The molecule has 3 N–H and O–H groups in total. The van der Waals surface area contributed by atoms with Crippen LogP contribution in [0.15, 0.2) is 54.6 Å². The first-order valence-electron chi connectivity index (χ1n) is 10.5. The molecule has 0 saturated carbocycles. The molecule has 1 aliphatic rings. The summed E-state index contributed by atoms with van der Waals surface area (Å²) in [7, 11) is 0. The second-order valence-electron chi connectivity index (χ2n) is 7.19. The Morgan fingerprint density at radius 2 is 1.86 bits per heavy atom. The Morgan fingerprint density at radius 1 is 1.10 bits per heavy atom. The molecule has 2 unspecified atom stereocenters. The van der Waals surface area contributed by atoms with Gasteiger partial charge in [-0.2, -0.15) is 0 Å². The molecule has 6 nitrogen and oxygen atoms in total. The van der Waals surface area contributed by atoms with Gasteiger partial charge in [-0.1, -0.05) is 30.3 Å². The predicted octanol–water partition coefficient (Wildman–Crippen LogP) is 3.03. The highest BCUT2D eigenvalue weighted by Gasteiger charge is 2.29. The van der Waals surface area contributed by atoms with Crippen LogP contribution in [0.4, 0.5) is 5.69 Å². The number of carbonyl (C=O) groups is 1. The first-order chi connectivity index (χ1) is 14.2. The van der Waals surface area contributed by atoms with Gasteiger partial charge in [0.2, 0.25) is 5.91 Å². The molecule has 1 aliphatic heterocycles. The highest BCUT2D eigenvalue weighted by atomic mass is 16.5. The Balaban J connectivity index is 1.40. The molecule has 29 heavy (non-hydrogen) atoms. The smallest absolute Gasteiger partial charge is 0.238 e. The van der Waals surface area contributed by atoms with E-state index in [2.05, 4.69) is 52.3 Å². The molecule has 1 saturated heterocycles. The van der Waals surface area contributed by atoms with Crippen molar-refractivity contribution in [2.24, 2.45) is 0 Å². The van der Waals surface area contributed by atoms with Crippen LogP contribution in [0.2, 0.25) is 0 Å². The molecule has 1 heterocycles. The van der Waals surface area contributed by atoms with Crippen molar-refractivity contribution < 1.29 is 9.53 Å². The van der Waals surface area contributed by atoms with E-state index in [1.807, 2.05) is 37.3 Å². The van der Waals surface area contributed by atoms with Crippen LogP contribution >= 0.6 is 0 Å². The van der Waals surface area contributed by atoms with Gasteiger partial charge >= 0.3 is 0 Å². The third kappa shape index (κ3) is 5.95. The van der Waals surface area contributed by atoms with Gasteiger partial charge in [-0.05, 0) is 56.5 Å². The summed E-state index contributed by atoms with van der Waals surface area (Å²) in [5.41, 5.74) is 8.74. The molecular weight excluding hydrogens is 364 g/mol. The normalized spacial score (nSPS) is 18.4. The van der Waals surface area contributed by atoms with Crippen LogP contribution in [0, 0.1) is 0 Å². The van der Waals surface area contributed by atoms with Gasteiger partial charge in [0.05, 0.1) is 6.61 Å². The molecule has 3 rings (SSSR count). The van der Waals surface area contributed by atoms with Crippen molar-refractivity contribution in [3.63, 3.8) is 0 Å². The number of hydrazine groups is 1. The monoisotopic (exact) mass is 396 g/mol. The summed E-state index contributed by atoms with van der Waals surface area (Å²) in [6.45, 7) is 7.34. The van der Waals surface area contributed by atoms with E-state index in [1.54, 1.807) is 0 Å². The number of benzene rings is 2. The number of amides is 1. The number of nitrogens with zero attached hydrogens (tertiary/aromatic N) is 1. The lowest BCUT2D eigenvalue weighted by Gasteiger charge is -2.23. The molecular formula is C23H32N4O2. The largest absolute Gasteiger partial charge is 0.494 e. The number of rotatable bonds is 10. The lowest BCUT2D eigenvalue weighted by Crippen LogP contribution is -2.43. The quantitative estimate of drug-likeness (QED) is 0.539. The number of para-hydroxylation sites is 1. The van der Waals surface area contributed by atoms with Crippen LogP contribution in [0.3, 0.4) is 0 Å². The minimum atomic E-state index is -0.219. The number of carbonyl (C=O) groups excluding carboxylic acids is 1. The highest BCUT2D eigenvalue weighted by Crippen LogP contribution is 2.24. The zero-order valence-corrected chi connectivity index (χ0v) is 17.4. The summed E-state index contributed by atoms with van der Waals surface area (Å²) in [6, 6.07) is 18.3. The summed E-state index contributed by atoms with van der Waals surface area (Å²) < 4.78 is 5.49. The number of nitrogens with one attached hydrogen (secondary N) is 3. The van der Waals surface area contributed by atoms with Gasteiger partial charge in [0.25, 0.3) is 0 Å². The van der Waals surface area contributed by atoms with E-state index in [1.165, 1.54) is 5.69 Å². The second-order valence-corrected chi connectivity index (χ2v) is 7.19. The van der Waals surface area contributed by atoms with Crippen LogP contribution in [-0.2, 0) is 4.79 Å². The van der Waals surface area contributed by atoms with Crippen molar-refractivity contribution in [2.45, 2.75) is 38.8 Å². The number of anilines is 1. The van der Waals surface area contributed by atoms with Gasteiger partial charge in [0.15, 0.2) is 0 Å². The standard InChI is InChI=1S/C23H32N4O2/c1-3-27(19-9-6-5-7-10-19)16-8-15-24-23(28)22-17-21(25-26-22)18-11-13-20(14-12-18)29-4-2/h5-7,9-14,21-22,25-26H,3-4,8,15-17H2,1-2H3,(H,24,28). The van der Waals surface area contributed by atoms with Crippen molar-refractivity contribution >= 4 is 11.6 Å². The fraction of sp³-hybridized carbons (Fsp3) is 0.435. The fourth-order valence-electron chi connectivity index (χ4n) is 3.62. The third-order valence-corrected chi connectivity index (χ3v) is 5.22. The zero-order chi connectivity index (χ0) is 20.5. The van der Waals surface area contributed by atoms with Gasteiger partial charge in [0.1, 0.15) is 11.8 Å². The highest BCUT2D eigenvalue weighted by molar-refractivity contribution is 5.82. The topological polar surface area (TPSA) is 65.6 Å². The summed E-state index contributed by atoms with van der Waals surface area (Å²) >= 11 is 0. The fourth-order valence-corrected chi connectivity index (χ4v) is 3.62. The number of hydrogen-bond acceptors (Lipinski definition) is 5. The van der Waals surface area contributed by atoms with E-state index in [0.717, 1.165) is 37.2 Å². The Bertz CT molecular complexity index is 751. The van der Waals surface area contributed by atoms with Crippen molar-refractivity contribution in [1.82, 2.24) is 16.2 Å². The van der Waals surface area contributed by atoms with Crippen LogP contribution < -0.4 is 25.8 Å². The van der Waals surface area contributed by atoms with E-state index in [0.29, 0.717) is 13.2 Å². The molecule has 6 heteroatoms. The molecule has 0 radical (unpaired) electrons. The van der Waals surface area contributed by atoms with Crippen LogP contribution in [0.5, 0.6) is 5.75 Å². The van der Waals surface area contributed by atoms with Crippen molar-refractivity contribution in [1.29, 1.82) is 0 Å². The van der Waals surface area contributed by atoms with E-state index >= 15 is 0 Å². The van der Waals surface area contributed by atoms with Crippen LogP contribution in [-0.4, -0.2) is 38.2 Å². The Labute approximate surface area is 173 Å². The molecule has 0 aliphatic carbocycles. The van der Waals surface area contributed by atoms with Crippen LogP contribution in [0.25, 0.3) is 0 Å². The second kappa shape index (κ2) is 10.8. The minimum absolute atomic E-state index is 0.0497. The molecule has 2 aromatic carbocycles. The molecule has 1 fully saturated rings. The predicted molar refractivity (Wildman–Crippen MR) is 117 cm³/mol. The summed E-state index contributed by atoms with van der Waals surface area (Å²) in [5, 5.41) is 3.07. The average molecular weight is 397 g/mol. The van der Waals surface area contributed by atoms with E-state index in [4.69, 9.17) is 4.74 Å². The minimum Gasteiger partial charge on any atom is -0.494 e. The first-order valence-corrected chi connectivity index (χ1v) is 10.5. The van der Waals surface area contributed by atoms with Gasteiger partial charge in [0, 0.05) is 31.4 Å². The van der Waals surface area contributed by atoms with Crippen LogP contribution in [0.1, 0.15) is 38.3 Å². The lowest BCUT2D eigenvalue weighted by molar-refractivity contribution is -0.122. The van der Waals surface area contributed by atoms with E-state index in [9.17, 15) is 4.79 Å². The van der Waals surface area contributed by atoms with E-state index < -0.39 is 0 Å². The van der Waals surface area contributed by atoms with Gasteiger partial charge in [-0.15, -0.1) is 0 Å². The average Bonchev–Trinajstić information content (AvgIpc) is 3.25.